The monoisotopic (exact) mass is 234 g/mol. The average Bonchev–Trinajstić information content (AvgIpc) is 2.19. The number of anilines is 1. The molecule has 0 aliphatic carbocycles. The molecule has 0 aliphatic rings. The second kappa shape index (κ2) is 4.02. The number of nitrogens with two attached hydrogens (primary N) is 1. The van der Waals surface area contributed by atoms with E-state index in [1.807, 2.05) is 6.92 Å². The van der Waals surface area contributed by atoms with E-state index in [-0.39, 0.29) is 5.56 Å². The predicted octanol–water partition coefficient (Wildman–Crippen LogP) is 2.38. The number of aromatic nitrogens is 1. The van der Waals surface area contributed by atoms with Crippen LogP contribution in [0.2, 0.25) is 5.02 Å². The summed E-state index contributed by atoms with van der Waals surface area (Å²) in [5.74, 6) is 0.423. The van der Waals surface area contributed by atoms with Gasteiger partial charge in [-0.1, -0.05) is 11.6 Å². The molecule has 0 unspecified atom stereocenters. The fraction of sp³-hybridized carbons (Fsp3) is 0.0833. The highest BCUT2D eigenvalue weighted by Crippen LogP contribution is 2.15. The van der Waals surface area contributed by atoms with Crippen molar-refractivity contribution in [1.82, 2.24) is 4.57 Å². The lowest BCUT2D eigenvalue weighted by Gasteiger charge is -2.09. The van der Waals surface area contributed by atoms with Gasteiger partial charge in [0.2, 0.25) is 0 Å². The number of hydrogen-bond acceptors (Lipinski definition) is 2. The van der Waals surface area contributed by atoms with Crippen LogP contribution in [0.5, 0.6) is 0 Å². The van der Waals surface area contributed by atoms with Gasteiger partial charge in [-0.2, -0.15) is 0 Å². The lowest BCUT2D eigenvalue weighted by atomic mass is 10.2. The second-order valence-electron chi connectivity index (χ2n) is 3.61. The van der Waals surface area contributed by atoms with Crippen molar-refractivity contribution in [2.45, 2.75) is 6.92 Å². The molecule has 0 atom stereocenters. The number of hydrogen-bond donors (Lipinski definition) is 1. The van der Waals surface area contributed by atoms with Gasteiger partial charge in [0.25, 0.3) is 5.56 Å². The standard InChI is InChI=1S/C12H11ClN2O/c1-8-6-11(14)15(12(16)7-8)10-4-2-9(13)3-5-10/h2-7H,14H2,1H3. The van der Waals surface area contributed by atoms with E-state index in [4.69, 9.17) is 17.3 Å². The quantitative estimate of drug-likeness (QED) is 0.824. The Morgan fingerprint density at radius 3 is 2.38 bits per heavy atom. The van der Waals surface area contributed by atoms with E-state index in [1.54, 1.807) is 36.4 Å². The van der Waals surface area contributed by atoms with Gasteiger partial charge in [0.1, 0.15) is 5.82 Å². The van der Waals surface area contributed by atoms with Crippen LogP contribution in [0.3, 0.4) is 0 Å². The lowest BCUT2D eigenvalue weighted by Crippen LogP contribution is -2.20. The summed E-state index contributed by atoms with van der Waals surface area (Å²) in [6.07, 6.45) is 0. The van der Waals surface area contributed by atoms with Crippen LogP contribution < -0.4 is 11.3 Å². The first kappa shape index (κ1) is 10.8. The minimum atomic E-state index is -0.139. The molecule has 4 heteroatoms. The molecule has 1 aromatic heterocycles. The van der Waals surface area contributed by atoms with Gasteiger partial charge in [-0.3, -0.25) is 9.36 Å². The van der Waals surface area contributed by atoms with Gasteiger partial charge in [0.15, 0.2) is 0 Å². The van der Waals surface area contributed by atoms with Crippen molar-refractivity contribution in [2.75, 3.05) is 5.73 Å². The molecule has 0 amide bonds. The third-order valence-electron chi connectivity index (χ3n) is 2.29. The topological polar surface area (TPSA) is 48.0 Å². The average molecular weight is 235 g/mol. The van der Waals surface area contributed by atoms with Crippen molar-refractivity contribution in [3.05, 3.63) is 57.3 Å². The molecule has 82 valence electrons. The molecule has 1 aromatic carbocycles. The summed E-state index contributed by atoms with van der Waals surface area (Å²) >= 11 is 5.79. The molecule has 0 saturated carbocycles. The maximum absolute atomic E-state index is 11.8. The van der Waals surface area contributed by atoms with Gasteiger partial charge in [0, 0.05) is 11.1 Å². The number of rotatable bonds is 1. The zero-order valence-corrected chi connectivity index (χ0v) is 9.53. The molecule has 0 radical (unpaired) electrons. The van der Waals surface area contributed by atoms with Crippen LogP contribution in [-0.4, -0.2) is 4.57 Å². The van der Waals surface area contributed by atoms with Gasteiger partial charge in [-0.25, -0.2) is 0 Å². The summed E-state index contributed by atoms with van der Waals surface area (Å²) < 4.78 is 1.45. The minimum absolute atomic E-state index is 0.139. The first-order chi connectivity index (χ1) is 7.58. The number of halogens is 1. The molecule has 0 bridgehead atoms. The van der Waals surface area contributed by atoms with Gasteiger partial charge < -0.3 is 5.73 Å². The molecule has 0 aliphatic heterocycles. The molecular formula is C12H11ClN2O. The molecule has 2 aromatic rings. The normalized spacial score (nSPS) is 10.4. The zero-order chi connectivity index (χ0) is 11.7. The Morgan fingerprint density at radius 2 is 1.81 bits per heavy atom. The maximum atomic E-state index is 11.8. The summed E-state index contributed by atoms with van der Waals surface area (Å²) in [6, 6.07) is 10.3. The van der Waals surface area contributed by atoms with Crippen LogP contribution in [0.25, 0.3) is 5.69 Å². The Hall–Kier alpha value is -1.74. The van der Waals surface area contributed by atoms with E-state index in [0.717, 1.165) is 5.56 Å². The summed E-state index contributed by atoms with van der Waals surface area (Å²) in [5, 5.41) is 0.627. The highest BCUT2D eigenvalue weighted by molar-refractivity contribution is 6.30. The highest BCUT2D eigenvalue weighted by Gasteiger charge is 2.04. The molecule has 1 heterocycles. The van der Waals surface area contributed by atoms with Crippen LogP contribution in [0.4, 0.5) is 5.82 Å². The molecule has 16 heavy (non-hydrogen) atoms. The molecule has 2 N–H and O–H groups in total. The van der Waals surface area contributed by atoms with Crippen molar-refractivity contribution in [3.63, 3.8) is 0 Å². The van der Waals surface area contributed by atoms with Crippen molar-refractivity contribution < 1.29 is 0 Å². The number of nitrogen functional groups attached to an aromatic ring is 1. The van der Waals surface area contributed by atoms with Gasteiger partial charge in [0.05, 0.1) is 5.69 Å². The fourth-order valence-corrected chi connectivity index (χ4v) is 1.72. The summed E-state index contributed by atoms with van der Waals surface area (Å²) in [6.45, 7) is 1.84. The van der Waals surface area contributed by atoms with Crippen molar-refractivity contribution in [1.29, 1.82) is 0 Å². The third kappa shape index (κ3) is 1.95. The van der Waals surface area contributed by atoms with Crippen LogP contribution in [0.1, 0.15) is 5.56 Å². The van der Waals surface area contributed by atoms with E-state index < -0.39 is 0 Å². The summed E-state index contributed by atoms with van der Waals surface area (Å²) in [7, 11) is 0. The second-order valence-corrected chi connectivity index (χ2v) is 4.04. The molecule has 0 saturated heterocycles. The van der Waals surface area contributed by atoms with Crippen LogP contribution >= 0.6 is 11.6 Å². The van der Waals surface area contributed by atoms with Crippen molar-refractivity contribution in [2.24, 2.45) is 0 Å². The largest absolute Gasteiger partial charge is 0.385 e. The smallest absolute Gasteiger partial charge is 0.256 e. The summed E-state index contributed by atoms with van der Waals surface area (Å²) in [4.78, 5) is 11.8. The number of nitrogens with zero attached hydrogens (tertiary/aromatic N) is 1. The van der Waals surface area contributed by atoms with Gasteiger partial charge >= 0.3 is 0 Å². The van der Waals surface area contributed by atoms with Crippen LogP contribution in [-0.2, 0) is 0 Å². The predicted molar refractivity (Wildman–Crippen MR) is 66.2 cm³/mol. The molecule has 3 nitrogen and oxygen atoms in total. The van der Waals surface area contributed by atoms with Crippen LogP contribution in [0.15, 0.2) is 41.2 Å². The highest BCUT2D eigenvalue weighted by atomic mass is 35.5. The SMILES string of the molecule is Cc1cc(N)n(-c2ccc(Cl)cc2)c(=O)c1. The van der Waals surface area contributed by atoms with Crippen molar-refractivity contribution in [3.8, 4) is 5.69 Å². The molecule has 0 spiro atoms. The lowest BCUT2D eigenvalue weighted by molar-refractivity contribution is 0.997. The van der Waals surface area contributed by atoms with E-state index in [2.05, 4.69) is 0 Å². The van der Waals surface area contributed by atoms with Gasteiger partial charge in [-0.15, -0.1) is 0 Å². The van der Waals surface area contributed by atoms with Gasteiger partial charge in [-0.05, 0) is 42.8 Å². The Labute approximate surface area is 98.1 Å². The number of aryl methyl sites for hydroxylation is 1. The number of benzene rings is 1. The van der Waals surface area contributed by atoms with E-state index in [0.29, 0.717) is 16.5 Å². The Bertz CT molecular complexity index is 573. The molecule has 2 rings (SSSR count). The Balaban J connectivity index is 2.65. The van der Waals surface area contributed by atoms with Crippen LogP contribution in [0, 0.1) is 6.92 Å². The zero-order valence-electron chi connectivity index (χ0n) is 8.77. The maximum Gasteiger partial charge on any atom is 0.256 e. The first-order valence-electron chi connectivity index (χ1n) is 4.83. The summed E-state index contributed by atoms with van der Waals surface area (Å²) in [5.41, 5.74) is 7.25. The molecular weight excluding hydrogens is 224 g/mol. The number of pyridine rings is 1. The van der Waals surface area contributed by atoms with Crippen molar-refractivity contribution >= 4 is 17.4 Å². The fourth-order valence-electron chi connectivity index (χ4n) is 1.59. The molecule has 0 fully saturated rings. The first-order valence-corrected chi connectivity index (χ1v) is 5.21. The minimum Gasteiger partial charge on any atom is -0.385 e. The van der Waals surface area contributed by atoms with E-state index in [9.17, 15) is 4.79 Å². The third-order valence-corrected chi connectivity index (χ3v) is 2.54. The van der Waals surface area contributed by atoms with E-state index in [1.165, 1.54) is 4.57 Å². The Morgan fingerprint density at radius 1 is 1.19 bits per heavy atom. The van der Waals surface area contributed by atoms with E-state index >= 15 is 0 Å². The Kier molecular flexibility index (Phi) is 2.71.